The number of nitrogens with two attached hydrogens (primary N) is 1. The normalized spacial score (nSPS) is 21.2. The predicted molar refractivity (Wildman–Crippen MR) is 101 cm³/mol. The van der Waals surface area contributed by atoms with Crippen LogP contribution in [-0.2, 0) is 7.05 Å². The molecule has 1 aromatic carbocycles. The molecule has 2 aliphatic heterocycles. The molecule has 134 valence electrons. The molecule has 25 heavy (non-hydrogen) atoms. The van der Waals surface area contributed by atoms with Gasteiger partial charge in [0, 0.05) is 61.8 Å². The Morgan fingerprint density at radius 3 is 2.84 bits per heavy atom. The predicted octanol–water partition coefficient (Wildman–Crippen LogP) is 2.35. The zero-order chi connectivity index (χ0) is 17.4. The van der Waals surface area contributed by atoms with Gasteiger partial charge in [0.15, 0.2) is 0 Å². The summed E-state index contributed by atoms with van der Waals surface area (Å²) in [5, 5.41) is 4.33. The van der Waals surface area contributed by atoms with E-state index in [1.165, 1.54) is 31.5 Å². The van der Waals surface area contributed by atoms with Crippen LogP contribution in [-0.4, -0.2) is 54.0 Å². The highest BCUT2D eigenvalue weighted by molar-refractivity contribution is 5.83. The fraction of sp³-hybridized carbons (Fsp3) is 0.526. The van der Waals surface area contributed by atoms with E-state index in [0.29, 0.717) is 11.7 Å². The fourth-order valence-electron chi connectivity index (χ4n) is 4.19. The van der Waals surface area contributed by atoms with Crippen LogP contribution in [0.25, 0.3) is 11.1 Å². The van der Waals surface area contributed by atoms with Gasteiger partial charge in [0.2, 0.25) is 0 Å². The van der Waals surface area contributed by atoms with Crippen LogP contribution in [0.1, 0.15) is 19.3 Å². The van der Waals surface area contributed by atoms with E-state index in [4.69, 9.17) is 10.5 Å². The molecular weight excluding hydrogens is 314 g/mol. The number of rotatable bonds is 3. The molecule has 1 atom stereocenters. The number of methoxy groups -OCH3 is 1. The van der Waals surface area contributed by atoms with Crippen LogP contribution in [0.15, 0.2) is 24.5 Å². The standard InChI is InChI=1S/C19H27N5O/c1-22-12-14(11-21-22)16-9-17(20)19(25-2)10-18(16)24-8-7-23-6-4-3-5-15(23)13-24/h9-12,15H,3-8,13,20H2,1-2H3/t15-/m0/s1. The molecule has 6 nitrogen and oxygen atoms in total. The molecule has 4 rings (SSSR count). The molecule has 2 aliphatic rings. The first kappa shape index (κ1) is 16.3. The molecule has 0 amide bonds. The Bertz CT molecular complexity index is 756. The van der Waals surface area contributed by atoms with E-state index in [-0.39, 0.29) is 0 Å². The van der Waals surface area contributed by atoms with Crippen molar-refractivity contribution in [2.24, 2.45) is 7.05 Å². The second-order valence-corrected chi connectivity index (χ2v) is 7.15. The van der Waals surface area contributed by atoms with Gasteiger partial charge < -0.3 is 15.4 Å². The number of fused-ring (bicyclic) bond motifs is 1. The van der Waals surface area contributed by atoms with Crippen LogP contribution in [0.4, 0.5) is 11.4 Å². The molecular formula is C19H27N5O. The van der Waals surface area contributed by atoms with Gasteiger partial charge in [0.1, 0.15) is 5.75 Å². The second-order valence-electron chi connectivity index (χ2n) is 7.15. The Labute approximate surface area is 149 Å². The van der Waals surface area contributed by atoms with E-state index in [1.54, 1.807) is 7.11 Å². The molecule has 0 aliphatic carbocycles. The van der Waals surface area contributed by atoms with E-state index in [2.05, 4.69) is 21.0 Å². The van der Waals surface area contributed by atoms with Crippen LogP contribution in [0, 0.1) is 0 Å². The van der Waals surface area contributed by atoms with E-state index >= 15 is 0 Å². The Morgan fingerprint density at radius 1 is 1.20 bits per heavy atom. The first-order valence-corrected chi connectivity index (χ1v) is 9.11. The van der Waals surface area contributed by atoms with Crippen molar-refractivity contribution in [3.05, 3.63) is 24.5 Å². The minimum absolute atomic E-state index is 0.660. The van der Waals surface area contributed by atoms with Crippen molar-refractivity contribution < 1.29 is 4.74 Å². The molecule has 1 aromatic heterocycles. The molecule has 0 radical (unpaired) electrons. The van der Waals surface area contributed by atoms with Crippen LogP contribution >= 0.6 is 0 Å². The average Bonchev–Trinajstić information content (AvgIpc) is 3.07. The monoisotopic (exact) mass is 341 g/mol. The number of aryl methyl sites for hydroxylation is 1. The second kappa shape index (κ2) is 6.59. The summed E-state index contributed by atoms with van der Waals surface area (Å²) in [6.07, 6.45) is 7.93. The van der Waals surface area contributed by atoms with Crippen molar-refractivity contribution in [1.29, 1.82) is 0 Å². The maximum atomic E-state index is 6.20. The Morgan fingerprint density at radius 2 is 2.08 bits per heavy atom. The van der Waals surface area contributed by atoms with Crippen molar-refractivity contribution in [3.8, 4) is 16.9 Å². The third-order valence-electron chi connectivity index (χ3n) is 5.54. The van der Waals surface area contributed by atoms with Gasteiger partial charge in [-0.3, -0.25) is 9.58 Å². The SMILES string of the molecule is COc1cc(N2CCN3CCCC[C@H]3C2)c(-c2cnn(C)c2)cc1N. The van der Waals surface area contributed by atoms with E-state index in [0.717, 1.165) is 36.5 Å². The highest BCUT2D eigenvalue weighted by Crippen LogP contribution is 2.39. The molecule has 2 aromatic rings. The quantitative estimate of drug-likeness (QED) is 0.869. The zero-order valence-electron chi connectivity index (χ0n) is 15.1. The molecule has 0 spiro atoms. The maximum Gasteiger partial charge on any atom is 0.143 e. The number of piperidine rings is 1. The number of hydrogen-bond donors (Lipinski definition) is 1. The molecule has 0 bridgehead atoms. The van der Waals surface area contributed by atoms with Gasteiger partial charge in [-0.2, -0.15) is 5.10 Å². The van der Waals surface area contributed by atoms with Crippen molar-refractivity contribution in [1.82, 2.24) is 14.7 Å². The Balaban J connectivity index is 1.72. The lowest BCUT2D eigenvalue weighted by Gasteiger charge is -2.45. The lowest BCUT2D eigenvalue weighted by Crippen LogP contribution is -2.55. The number of piperazine rings is 1. The van der Waals surface area contributed by atoms with Gasteiger partial charge in [-0.25, -0.2) is 0 Å². The van der Waals surface area contributed by atoms with Gasteiger partial charge in [-0.1, -0.05) is 6.42 Å². The largest absolute Gasteiger partial charge is 0.495 e. The summed E-state index contributed by atoms with van der Waals surface area (Å²) in [6, 6.07) is 4.78. The van der Waals surface area contributed by atoms with Crippen molar-refractivity contribution in [3.63, 3.8) is 0 Å². The molecule has 6 heteroatoms. The summed E-state index contributed by atoms with van der Waals surface area (Å²) in [5.74, 6) is 0.744. The zero-order valence-corrected chi connectivity index (χ0v) is 15.1. The molecule has 3 heterocycles. The fourth-order valence-corrected chi connectivity index (χ4v) is 4.19. The molecule has 2 saturated heterocycles. The molecule has 0 saturated carbocycles. The number of benzene rings is 1. The van der Waals surface area contributed by atoms with Crippen LogP contribution in [0.2, 0.25) is 0 Å². The first-order chi connectivity index (χ1) is 12.2. The van der Waals surface area contributed by atoms with Crippen molar-refractivity contribution >= 4 is 11.4 Å². The van der Waals surface area contributed by atoms with E-state index < -0.39 is 0 Å². The third kappa shape index (κ3) is 3.06. The summed E-state index contributed by atoms with van der Waals surface area (Å²) in [4.78, 5) is 5.15. The summed E-state index contributed by atoms with van der Waals surface area (Å²) < 4.78 is 7.33. The summed E-state index contributed by atoms with van der Waals surface area (Å²) in [5.41, 5.74) is 10.3. The summed E-state index contributed by atoms with van der Waals surface area (Å²) in [7, 11) is 3.62. The van der Waals surface area contributed by atoms with Gasteiger partial charge >= 0.3 is 0 Å². The van der Waals surface area contributed by atoms with Crippen LogP contribution < -0.4 is 15.4 Å². The number of hydrogen-bond acceptors (Lipinski definition) is 5. The maximum absolute atomic E-state index is 6.20. The summed E-state index contributed by atoms with van der Waals surface area (Å²) in [6.45, 7) is 4.49. The average molecular weight is 341 g/mol. The van der Waals surface area contributed by atoms with Crippen molar-refractivity contribution in [2.75, 3.05) is 43.9 Å². The smallest absolute Gasteiger partial charge is 0.143 e. The van der Waals surface area contributed by atoms with Crippen molar-refractivity contribution in [2.45, 2.75) is 25.3 Å². The minimum atomic E-state index is 0.660. The van der Waals surface area contributed by atoms with E-state index in [1.807, 2.05) is 30.2 Å². The number of aromatic nitrogens is 2. The number of ether oxygens (including phenoxy) is 1. The lowest BCUT2D eigenvalue weighted by molar-refractivity contribution is 0.133. The number of anilines is 2. The number of nitrogens with zero attached hydrogens (tertiary/aromatic N) is 4. The highest BCUT2D eigenvalue weighted by Gasteiger charge is 2.30. The molecule has 2 fully saturated rings. The van der Waals surface area contributed by atoms with Gasteiger partial charge in [0.25, 0.3) is 0 Å². The topological polar surface area (TPSA) is 59.5 Å². The summed E-state index contributed by atoms with van der Waals surface area (Å²) >= 11 is 0. The van der Waals surface area contributed by atoms with E-state index in [9.17, 15) is 0 Å². The first-order valence-electron chi connectivity index (χ1n) is 9.11. The highest BCUT2D eigenvalue weighted by atomic mass is 16.5. The third-order valence-corrected chi connectivity index (χ3v) is 5.54. The Kier molecular flexibility index (Phi) is 4.29. The van der Waals surface area contributed by atoms with Gasteiger partial charge in [-0.15, -0.1) is 0 Å². The Hall–Kier alpha value is -2.21. The van der Waals surface area contributed by atoms with Gasteiger partial charge in [0.05, 0.1) is 19.0 Å². The van der Waals surface area contributed by atoms with Crippen LogP contribution in [0.5, 0.6) is 5.75 Å². The lowest BCUT2D eigenvalue weighted by atomic mass is 9.97. The molecule has 0 unspecified atom stereocenters. The molecule has 2 N–H and O–H groups in total. The minimum Gasteiger partial charge on any atom is -0.495 e. The number of nitrogen functional groups attached to an aromatic ring is 1. The van der Waals surface area contributed by atoms with Crippen LogP contribution in [0.3, 0.4) is 0 Å². The van der Waals surface area contributed by atoms with Gasteiger partial charge in [-0.05, 0) is 25.5 Å².